The molecule has 6 heteroatoms. The van der Waals surface area contributed by atoms with Gasteiger partial charge in [0.15, 0.2) is 5.11 Å². The molecule has 0 aromatic heterocycles. The molecule has 0 bridgehead atoms. The molecule has 18 heavy (non-hydrogen) atoms. The van der Waals surface area contributed by atoms with E-state index >= 15 is 0 Å². The third-order valence-electron chi connectivity index (χ3n) is 2.25. The molecule has 0 spiro atoms. The van der Waals surface area contributed by atoms with Gasteiger partial charge in [0.2, 0.25) is 0 Å². The minimum Gasteiger partial charge on any atom is -0.478 e. The van der Waals surface area contributed by atoms with Gasteiger partial charge >= 0.3 is 5.97 Å². The van der Waals surface area contributed by atoms with Crippen LogP contribution < -0.4 is 10.6 Å². The lowest BCUT2D eigenvalue weighted by Gasteiger charge is -2.10. The van der Waals surface area contributed by atoms with E-state index in [9.17, 15) is 4.79 Å². The van der Waals surface area contributed by atoms with Crippen molar-refractivity contribution in [3.8, 4) is 0 Å². The van der Waals surface area contributed by atoms with E-state index in [0.717, 1.165) is 5.56 Å². The van der Waals surface area contributed by atoms with Gasteiger partial charge < -0.3 is 20.5 Å². The van der Waals surface area contributed by atoms with Gasteiger partial charge in [0.1, 0.15) is 0 Å². The number of carbonyl (C=O) groups is 1. The molecule has 1 rings (SSSR count). The van der Waals surface area contributed by atoms with Gasteiger partial charge in [-0.2, -0.15) is 0 Å². The fourth-order valence-corrected chi connectivity index (χ4v) is 1.45. The van der Waals surface area contributed by atoms with Crippen LogP contribution in [-0.2, 0) is 11.3 Å². The minimum atomic E-state index is -0.925. The second-order valence-corrected chi connectivity index (χ2v) is 4.01. The fraction of sp³-hybridized carbons (Fsp3) is 0.333. The molecule has 0 fully saturated rings. The highest BCUT2D eigenvalue weighted by molar-refractivity contribution is 7.80. The number of carboxylic acids is 1. The third-order valence-corrected chi connectivity index (χ3v) is 2.53. The number of aromatic carboxylic acids is 1. The summed E-state index contributed by atoms with van der Waals surface area (Å²) >= 11 is 5.06. The highest BCUT2D eigenvalue weighted by Gasteiger charge is 2.01. The predicted octanol–water partition coefficient (Wildman–Crippen LogP) is 0.995. The number of ether oxygens (including phenoxy) is 1. The Morgan fingerprint density at radius 1 is 1.33 bits per heavy atom. The molecule has 0 aliphatic rings. The Bertz CT molecular complexity index is 406. The second kappa shape index (κ2) is 7.62. The summed E-state index contributed by atoms with van der Waals surface area (Å²) in [5, 5.41) is 15.3. The highest BCUT2D eigenvalue weighted by atomic mass is 32.1. The SMILES string of the molecule is COCCNC(=S)NCc1ccc(C(=O)O)cc1. The van der Waals surface area contributed by atoms with Gasteiger partial charge in [-0.15, -0.1) is 0 Å². The summed E-state index contributed by atoms with van der Waals surface area (Å²) in [4.78, 5) is 10.7. The largest absolute Gasteiger partial charge is 0.478 e. The van der Waals surface area contributed by atoms with Gasteiger partial charge in [0.05, 0.1) is 12.2 Å². The Morgan fingerprint density at radius 2 is 2.00 bits per heavy atom. The summed E-state index contributed by atoms with van der Waals surface area (Å²) < 4.78 is 4.89. The van der Waals surface area contributed by atoms with Gasteiger partial charge in [-0.25, -0.2) is 4.79 Å². The van der Waals surface area contributed by atoms with Crippen LogP contribution in [0.5, 0.6) is 0 Å². The molecule has 0 aliphatic heterocycles. The zero-order chi connectivity index (χ0) is 13.4. The zero-order valence-corrected chi connectivity index (χ0v) is 10.9. The van der Waals surface area contributed by atoms with Crippen molar-refractivity contribution in [1.82, 2.24) is 10.6 Å². The topological polar surface area (TPSA) is 70.6 Å². The van der Waals surface area contributed by atoms with Gasteiger partial charge in [-0.3, -0.25) is 0 Å². The Labute approximate surface area is 111 Å². The minimum absolute atomic E-state index is 0.277. The number of thiocarbonyl (C=S) groups is 1. The molecule has 0 heterocycles. The molecule has 0 atom stereocenters. The van der Waals surface area contributed by atoms with E-state index in [2.05, 4.69) is 10.6 Å². The summed E-state index contributed by atoms with van der Waals surface area (Å²) in [6.45, 7) is 1.80. The smallest absolute Gasteiger partial charge is 0.335 e. The number of hydrogen-bond acceptors (Lipinski definition) is 3. The quantitative estimate of drug-likeness (QED) is 0.528. The Balaban J connectivity index is 2.34. The number of methoxy groups -OCH3 is 1. The normalized spacial score (nSPS) is 9.83. The van der Waals surface area contributed by atoms with Gasteiger partial charge in [-0.05, 0) is 29.9 Å². The van der Waals surface area contributed by atoms with Crippen molar-refractivity contribution < 1.29 is 14.6 Å². The molecule has 98 valence electrons. The van der Waals surface area contributed by atoms with Gasteiger partial charge in [0, 0.05) is 20.2 Å². The van der Waals surface area contributed by atoms with Gasteiger partial charge in [-0.1, -0.05) is 12.1 Å². The summed E-state index contributed by atoms with van der Waals surface area (Å²) in [5.74, 6) is -0.925. The van der Waals surface area contributed by atoms with Crippen LogP contribution in [0.4, 0.5) is 0 Å². The average molecular weight is 268 g/mol. The number of nitrogens with one attached hydrogen (secondary N) is 2. The van der Waals surface area contributed by atoms with Gasteiger partial charge in [0.25, 0.3) is 0 Å². The van der Waals surface area contributed by atoms with Crippen LogP contribution in [0, 0.1) is 0 Å². The third kappa shape index (κ3) is 5.11. The van der Waals surface area contributed by atoms with Crippen molar-refractivity contribution in [2.45, 2.75) is 6.54 Å². The van der Waals surface area contributed by atoms with E-state index in [0.29, 0.717) is 24.8 Å². The van der Waals surface area contributed by atoms with Crippen molar-refractivity contribution in [3.63, 3.8) is 0 Å². The van der Waals surface area contributed by atoms with E-state index in [4.69, 9.17) is 22.1 Å². The molecular weight excluding hydrogens is 252 g/mol. The van der Waals surface area contributed by atoms with Crippen LogP contribution in [0.3, 0.4) is 0 Å². The summed E-state index contributed by atoms with van der Waals surface area (Å²) in [6, 6.07) is 6.66. The number of benzene rings is 1. The molecule has 3 N–H and O–H groups in total. The lowest BCUT2D eigenvalue weighted by Crippen LogP contribution is -2.36. The highest BCUT2D eigenvalue weighted by Crippen LogP contribution is 2.03. The van der Waals surface area contributed by atoms with Crippen molar-refractivity contribution in [3.05, 3.63) is 35.4 Å². The van der Waals surface area contributed by atoms with E-state index in [1.807, 2.05) is 0 Å². The first-order valence-electron chi connectivity index (χ1n) is 5.46. The number of rotatable bonds is 6. The molecule has 1 aromatic carbocycles. The van der Waals surface area contributed by atoms with E-state index in [1.165, 1.54) is 0 Å². The second-order valence-electron chi connectivity index (χ2n) is 3.60. The van der Waals surface area contributed by atoms with Crippen molar-refractivity contribution >= 4 is 23.3 Å². The van der Waals surface area contributed by atoms with Crippen molar-refractivity contribution in [2.24, 2.45) is 0 Å². The maximum atomic E-state index is 10.7. The average Bonchev–Trinajstić information content (AvgIpc) is 2.37. The fourth-order valence-electron chi connectivity index (χ4n) is 1.28. The van der Waals surface area contributed by atoms with Crippen molar-refractivity contribution in [1.29, 1.82) is 0 Å². The van der Waals surface area contributed by atoms with Crippen LogP contribution >= 0.6 is 12.2 Å². The first kappa shape index (κ1) is 14.4. The number of hydrogen-bond donors (Lipinski definition) is 3. The lowest BCUT2D eigenvalue weighted by molar-refractivity contribution is 0.0697. The molecule has 5 nitrogen and oxygen atoms in total. The van der Waals surface area contributed by atoms with Crippen LogP contribution in [0.2, 0.25) is 0 Å². The maximum Gasteiger partial charge on any atom is 0.335 e. The zero-order valence-electron chi connectivity index (χ0n) is 10.1. The summed E-state index contributed by atoms with van der Waals surface area (Å²) in [5.41, 5.74) is 1.25. The van der Waals surface area contributed by atoms with Crippen molar-refractivity contribution in [2.75, 3.05) is 20.3 Å². The summed E-state index contributed by atoms with van der Waals surface area (Å²) in [7, 11) is 1.63. The first-order valence-corrected chi connectivity index (χ1v) is 5.87. The summed E-state index contributed by atoms with van der Waals surface area (Å²) in [6.07, 6.45) is 0. The molecule has 0 unspecified atom stereocenters. The lowest BCUT2D eigenvalue weighted by atomic mass is 10.1. The molecule has 0 saturated heterocycles. The molecule has 1 aromatic rings. The van der Waals surface area contributed by atoms with Crippen LogP contribution in [0.25, 0.3) is 0 Å². The Hall–Kier alpha value is -1.66. The van der Waals surface area contributed by atoms with E-state index in [-0.39, 0.29) is 5.56 Å². The maximum absolute atomic E-state index is 10.7. The van der Waals surface area contributed by atoms with Crippen LogP contribution in [-0.4, -0.2) is 36.4 Å². The van der Waals surface area contributed by atoms with Crippen LogP contribution in [0.15, 0.2) is 24.3 Å². The Morgan fingerprint density at radius 3 is 2.56 bits per heavy atom. The monoisotopic (exact) mass is 268 g/mol. The van der Waals surface area contributed by atoms with E-state index in [1.54, 1.807) is 31.4 Å². The molecular formula is C12H16N2O3S. The number of carboxylic acid groups (broad SMARTS) is 1. The van der Waals surface area contributed by atoms with Crippen LogP contribution in [0.1, 0.15) is 15.9 Å². The molecule has 0 radical (unpaired) electrons. The first-order chi connectivity index (χ1) is 8.63. The molecule has 0 saturated carbocycles. The molecule has 0 amide bonds. The standard InChI is InChI=1S/C12H16N2O3S/c1-17-7-6-13-12(18)14-8-9-2-4-10(5-3-9)11(15)16/h2-5H,6-8H2,1H3,(H,15,16)(H2,13,14,18). The Kier molecular flexibility index (Phi) is 6.10. The predicted molar refractivity (Wildman–Crippen MR) is 72.7 cm³/mol. The van der Waals surface area contributed by atoms with E-state index < -0.39 is 5.97 Å². The molecule has 0 aliphatic carbocycles.